The van der Waals surface area contributed by atoms with Crippen molar-refractivity contribution in [1.82, 2.24) is 4.90 Å². The number of likely N-dealkylation sites (tertiary alicyclic amines) is 1. The molecule has 0 amide bonds. The summed E-state index contributed by atoms with van der Waals surface area (Å²) in [7, 11) is 2.16. The SMILES string of the molecule is CN1CCC2(CC1)Cc1c(O)ccc(O)c1C2. The van der Waals surface area contributed by atoms with Crippen molar-refractivity contribution in [3.63, 3.8) is 0 Å². The van der Waals surface area contributed by atoms with Crippen LogP contribution in [0.2, 0.25) is 0 Å². The van der Waals surface area contributed by atoms with Crippen LogP contribution in [0.3, 0.4) is 0 Å². The van der Waals surface area contributed by atoms with E-state index in [1.807, 2.05) is 0 Å². The monoisotopic (exact) mass is 233 g/mol. The minimum atomic E-state index is 0.283. The summed E-state index contributed by atoms with van der Waals surface area (Å²) < 4.78 is 0. The zero-order valence-electron chi connectivity index (χ0n) is 10.2. The minimum absolute atomic E-state index is 0.283. The number of benzene rings is 1. The van der Waals surface area contributed by atoms with Gasteiger partial charge in [0.05, 0.1) is 0 Å². The van der Waals surface area contributed by atoms with Crippen LogP contribution in [0.1, 0.15) is 24.0 Å². The maximum atomic E-state index is 9.90. The molecule has 1 saturated heterocycles. The molecule has 0 atom stereocenters. The molecule has 3 rings (SSSR count). The third-order valence-electron chi connectivity index (χ3n) is 4.53. The lowest BCUT2D eigenvalue weighted by Crippen LogP contribution is -2.38. The first-order valence-electron chi connectivity index (χ1n) is 6.31. The van der Waals surface area contributed by atoms with Crippen LogP contribution in [0, 0.1) is 5.41 Å². The van der Waals surface area contributed by atoms with Crippen LogP contribution in [0.25, 0.3) is 0 Å². The molecule has 0 radical (unpaired) electrons. The van der Waals surface area contributed by atoms with Crippen LogP contribution in [0.5, 0.6) is 11.5 Å². The van der Waals surface area contributed by atoms with Gasteiger partial charge < -0.3 is 15.1 Å². The van der Waals surface area contributed by atoms with Crippen molar-refractivity contribution in [2.45, 2.75) is 25.7 Å². The fourth-order valence-electron chi connectivity index (χ4n) is 3.32. The van der Waals surface area contributed by atoms with E-state index in [9.17, 15) is 10.2 Å². The molecule has 1 spiro atoms. The Morgan fingerprint density at radius 3 is 1.94 bits per heavy atom. The Balaban J connectivity index is 1.92. The van der Waals surface area contributed by atoms with Crippen molar-refractivity contribution in [2.24, 2.45) is 5.41 Å². The van der Waals surface area contributed by atoms with E-state index in [2.05, 4.69) is 11.9 Å². The van der Waals surface area contributed by atoms with E-state index in [0.29, 0.717) is 11.5 Å². The molecule has 3 heteroatoms. The molecule has 1 aliphatic heterocycles. The summed E-state index contributed by atoms with van der Waals surface area (Å²) in [6.07, 6.45) is 4.18. The molecule has 1 aromatic carbocycles. The second-order valence-corrected chi connectivity index (χ2v) is 5.72. The molecule has 0 saturated carbocycles. The minimum Gasteiger partial charge on any atom is -0.508 e. The van der Waals surface area contributed by atoms with Gasteiger partial charge in [0, 0.05) is 11.1 Å². The predicted octanol–water partition coefficient (Wildman–Crippen LogP) is 1.91. The van der Waals surface area contributed by atoms with E-state index >= 15 is 0 Å². The summed E-state index contributed by atoms with van der Waals surface area (Å²) in [6, 6.07) is 3.23. The lowest BCUT2D eigenvalue weighted by molar-refractivity contribution is 0.131. The van der Waals surface area contributed by atoms with Crippen molar-refractivity contribution in [1.29, 1.82) is 0 Å². The largest absolute Gasteiger partial charge is 0.508 e. The van der Waals surface area contributed by atoms with Crippen molar-refractivity contribution in [3.05, 3.63) is 23.3 Å². The van der Waals surface area contributed by atoms with E-state index in [1.54, 1.807) is 12.1 Å². The first-order valence-corrected chi connectivity index (χ1v) is 6.31. The van der Waals surface area contributed by atoms with Crippen molar-refractivity contribution < 1.29 is 10.2 Å². The Morgan fingerprint density at radius 1 is 1.00 bits per heavy atom. The molecule has 3 nitrogen and oxygen atoms in total. The van der Waals surface area contributed by atoms with Gasteiger partial charge in [0.1, 0.15) is 11.5 Å². The van der Waals surface area contributed by atoms with Gasteiger partial charge in [-0.05, 0) is 63.4 Å². The van der Waals surface area contributed by atoms with E-state index < -0.39 is 0 Å². The van der Waals surface area contributed by atoms with Gasteiger partial charge in [-0.25, -0.2) is 0 Å². The highest BCUT2D eigenvalue weighted by Crippen LogP contribution is 2.49. The van der Waals surface area contributed by atoms with Crippen LogP contribution in [0.4, 0.5) is 0 Å². The van der Waals surface area contributed by atoms with Gasteiger partial charge in [0.15, 0.2) is 0 Å². The van der Waals surface area contributed by atoms with Crippen LogP contribution in [-0.2, 0) is 12.8 Å². The zero-order chi connectivity index (χ0) is 12.0. The average molecular weight is 233 g/mol. The zero-order valence-corrected chi connectivity index (χ0v) is 10.2. The van der Waals surface area contributed by atoms with Gasteiger partial charge in [-0.1, -0.05) is 0 Å². The number of piperidine rings is 1. The fourth-order valence-corrected chi connectivity index (χ4v) is 3.32. The Hall–Kier alpha value is -1.22. The second-order valence-electron chi connectivity index (χ2n) is 5.72. The van der Waals surface area contributed by atoms with Crippen LogP contribution in [0.15, 0.2) is 12.1 Å². The highest BCUT2D eigenvalue weighted by atomic mass is 16.3. The lowest BCUT2D eigenvalue weighted by Gasteiger charge is -2.37. The normalized spacial score (nSPS) is 22.9. The number of phenolic OH excluding ortho intramolecular Hbond substituents is 2. The van der Waals surface area contributed by atoms with Crippen molar-refractivity contribution in [3.8, 4) is 11.5 Å². The number of hydrogen-bond donors (Lipinski definition) is 2. The molecule has 2 aliphatic rings. The van der Waals surface area contributed by atoms with E-state index in [4.69, 9.17) is 0 Å². The number of nitrogens with zero attached hydrogens (tertiary/aromatic N) is 1. The van der Waals surface area contributed by atoms with Crippen LogP contribution in [-0.4, -0.2) is 35.3 Å². The quantitative estimate of drug-likeness (QED) is 0.673. The molecular formula is C14H19NO2. The van der Waals surface area contributed by atoms with E-state index in [0.717, 1.165) is 49.9 Å². The topological polar surface area (TPSA) is 43.7 Å². The molecule has 92 valence electrons. The Labute approximate surface area is 102 Å². The van der Waals surface area contributed by atoms with E-state index in [1.165, 1.54) is 0 Å². The number of aromatic hydroxyl groups is 2. The Kier molecular flexibility index (Phi) is 2.33. The molecule has 0 aromatic heterocycles. The molecule has 2 N–H and O–H groups in total. The summed E-state index contributed by atoms with van der Waals surface area (Å²) in [5, 5.41) is 19.8. The predicted molar refractivity (Wildman–Crippen MR) is 66.3 cm³/mol. The van der Waals surface area contributed by atoms with Gasteiger partial charge in [-0.15, -0.1) is 0 Å². The van der Waals surface area contributed by atoms with Crippen molar-refractivity contribution in [2.75, 3.05) is 20.1 Å². The molecule has 1 aliphatic carbocycles. The first-order chi connectivity index (χ1) is 8.10. The average Bonchev–Trinajstić information content (AvgIpc) is 2.70. The van der Waals surface area contributed by atoms with Crippen LogP contribution >= 0.6 is 0 Å². The third-order valence-corrected chi connectivity index (χ3v) is 4.53. The summed E-state index contributed by atoms with van der Waals surface area (Å²) in [6.45, 7) is 2.24. The van der Waals surface area contributed by atoms with E-state index in [-0.39, 0.29) is 5.41 Å². The lowest BCUT2D eigenvalue weighted by atomic mass is 9.76. The Bertz CT molecular complexity index is 415. The fraction of sp³-hybridized carbons (Fsp3) is 0.571. The van der Waals surface area contributed by atoms with Gasteiger partial charge in [0.2, 0.25) is 0 Å². The third kappa shape index (κ3) is 1.69. The maximum absolute atomic E-state index is 9.90. The molecule has 17 heavy (non-hydrogen) atoms. The molecule has 1 heterocycles. The molecule has 0 unspecified atom stereocenters. The Morgan fingerprint density at radius 2 is 1.47 bits per heavy atom. The molecular weight excluding hydrogens is 214 g/mol. The van der Waals surface area contributed by atoms with Crippen molar-refractivity contribution >= 4 is 0 Å². The first kappa shape index (κ1) is 10.9. The number of phenols is 2. The summed E-state index contributed by atoms with van der Waals surface area (Å²) in [5.41, 5.74) is 2.25. The number of hydrogen-bond acceptors (Lipinski definition) is 3. The summed E-state index contributed by atoms with van der Waals surface area (Å²) >= 11 is 0. The highest BCUT2D eigenvalue weighted by Gasteiger charge is 2.41. The van der Waals surface area contributed by atoms with Crippen LogP contribution < -0.4 is 0 Å². The summed E-state index contributed by atoms with van der Waals surface area (Å²) in [4.78, 5) is 2.36. The maximum Gasteiger partial charge on any atom is 0.119 e. The van der Waals surface area contributed by atoms with Gasteiger partial charge >= 0.3 is 0 Å². The number of fused-ring (bicyclic) bond motifs is 1. The molecule has 1 fully saturated rings. The van der Waals surface area contributed by atoms with Gasteiger partial charge in [-0.3, -0.25) is 0 Å². The summed E-state index contributed by atoms with van der Waals surface area (Å²) in [5.74, 6) is 0.710. The number of rotatable bonds is 0. The standard InChI is InChI=1S/C14H19NO2/c1-15-6-4-14(5-7-15)8-10-11(9-14)13(17)3-2-12(10)16/h2-3,16-17H,4-9H2,1H3. The molecule has 1 aromatic rings. The van der Waals surface area contributed by atoms with Gasteiger partial charge in [0.25, 0.3) is 0 Å². The van der Waals surface area contributed by atoms with Gasteiger partial charge in [-0.2, -0.15) is 0 Å². The smallest absolute Gasteiger partial charge is 0.119 e. The molecule has 0 bridgehead atoms. The second kappa shape index (κ2) is 3.64. The highest BCUT2D eigenvalue weighted by molar-refractivity contribution is 5.51.